The summed E-state index contributed by atoms with van der Waals surface area (Å²) >= 11 is 0. The fourth-order valence-corrected chi connectivity index (χ4v) is 9.52. The minimum absolute atomic E-state index is 0.143. The van der Waals surface area contributed by atoms with Crippen LogP contribution in [0, 0.1) is 0 Å². The quantitative estimate of drug-likeness (QED) is 0.168. The van der Waals surface area contributed by atoms with Gasteiger partial charge in [0.2, 0.25) is 0 Å². The van der Waals surface area contributed by atoms with Crippen molar-refractivity contribution in [3.8, 4) is 79.2 Å². The molecular weight excluding hydrogens is 721 g/mol. The summed E-state index contributed by atoms with van der Waals surface area (Å²) in [6.45, 7) is 4.56. The Hall–Kier alpha value is -7.56. The zero-order valence-electron chi connectivity index (χ0n) is 32.5. The number of hydrogen-bond donors (Lipinski definition) is 0. The van der Waals surface area contributed by atoms with E-state index in [2.05, 4.69) is 166 Å². The summed E-state index contributed by atoms with van der Waals surface area (Å²) in [5.41, 5.74) is 11.2. The number of fused-ring (bicyclic) bond motifs is 12. The van der Waals surface area contributed by atoms with Crippen LogP contribution in [0.3, 0.4) is 0 Å². The molecule has 2 aliphatic rings. The smallest absolute Gasteiger partial charge is 0.178 e. The molecule has 1 aromatic heterocycles. The molecule has 9 aromatic carbocycles. The van der Waals surface area contributed by atoms with Crippen LogP contribution in [-0.4, -0.2) is 9.97 Å². The Labute approximate surface area is 342 Å². The summed E-state index contributed by atoms with van der Waals surface area (Å²) in [5, 5.41) is 7.39. The number of benzene rings is 9. The Kier molecular flexibility index (Phi) is 7.24. The molecule has 0 unspecified atom stereocenters. The lowest BCUT2D eigenvalue weighted by Crippen LogP contribution is -2.15. The first-order chi connectivity index (χ1) is 29.0. The molecule has 278 valence electrons. The number of rotatable bonds is 4. The predicted molar refractivity (Wildman–Crippen MR) is 240 cm³/mol. The van der Waals surface area contributed by atoms with Crippen LogP contribution in [0.5, 0.6) is 23.0 Å². The molecule has 0 bridgehead atoms. The highest BCUT2D eigenvalue weighted by Gasteiger charge is 2.40. The van der Waals surface area contributed by atoms with Gasteiger partial charge in [0.15, 0.2) is 28.8 Å². The van der Waals surface area contributed by atoms with Gasteiger partial charge in [0.05, 0.1) is 11.4 Å². The highest BCUT2D eigenvalue weighted by molar-refractivity contribution is 6.25. The first-order valence-electron chi connectivity index (χ1n) is 20.2. The van der Waals surface area contributed by atoms with Crippen LogP contribution in [0.15, 0.2) is 182 Å². The highest BCUT2D eigenvalue weighted by Crippen LogP contribution is 2.59. The Morgan fingerprint density at radius 2 is 0.949 bits per heavy atom. The molecule has 0 radical (unpaired) electrons. The summed E-state index contributed by atoms with van der Waals surface area (Å²) in [6, 6.07) is 63.9. The number of nitrogens with zero attached hydrogens (tertiary/aromatic N) is 2. The lowest BCUT2D eigenvalue weighted by atomic mass is 9.82. The van der Waals surface area contributed by atoms with E-state index in [9.17, 15) is 0 Å². The second-order valence-electron chi connectivity index (χ2n) is 16.0. The Morgan fingerprint density at radius 3 is 1.71 bits per heavy atom. The molecule has 0 amide bonds. The molecule has 0 saturated carbocycles. The van der Waals surface area contributed by atoms with E-state index in [1.807, 2.05) is 30.3 Å². The van der Waals surface area contributed by atoms with Crippen LogP contribution in [0.25, 0.3) is 88.5 Å². The van der Waals surface area contributed by atoms with Gasteiger partial charge < -0.3 is 9.47 Å². The standard InChI is InChI=1S/C55H36N2O2/c1-55(2)45-25-13-12-23-43(45)51-46(55)29-30-50-53(51)59-49-26-14-24-42(52(49)58-50)39-21-10-11-22-41(39)48-32-47(56-54(57-48)33-15-4-3-5-16-33)34-27-28-40-37-19-7-6-17-35(37)36-18-8-9-20-38(36)44(40)31-34/h3-32H,1-2H3. The first-order valence-corrected chi connectivity index (χ1v) is 20.2. The molecule has 0 N–H and O–H groups in total. The normalized spacial score (nSPS) is 13.3. The van der Waals surface area contributed by atoms with Gasteiger partial charge in [-0.15, -0.1) is 0 Å². The van der Waals surface area contributed by atoms with E-state index < -0.39 is 0 Å². The molecule has 0 spiro atoms. The minimum Gasteiger partial charge on any atom is -0.449 e. The van der Waals surface area contributed by atoms with E-state index in [4.69, 9.17) is 19.4 Å². The molecule has 4 heteroatoms. The molecular formula is C55H36N2O2. The van der Waals surface area contributed by atoms with Gasteiger partial charge in [-0.1, -0.05) is 172 Å². The SMILES string of the molecule is CC1(C)c2ccccc2-c2c1ccc1c2Oc2cccc(-c3ccccc3-c3cc(-c4ccc5c6ccccc6c6ccccc6c5c4)nc(-c4ccccc4)n3)c2O1. The van der Waals surface area contributed by atoms with Crippen molar-refractivity contribution in [3.63, 3.8) is 0 Å². The zero-order chi connectivity index (χ0) is 39.2. The molecule has 59 heavy (non-hydrogen) atoms. The van der Waals surface area contributed by atoms with E-state index in [0.29, 0.717) is 23.1 Å². The van der Waals surface area contributed by atoms with Crippen molar-refractivity contribution in [2.45, 2.75) is 19.3 Å². The predicted octanol–water partition coefficient (Wildman–Crippen LogP) is 14.8. The first kappa shape index (κ1) is 33.6. The van der Waals surface area contributed by atoms with Crippen LogP contribution in [-0.2, 0) is 5.41 Å². The third-order valence-corrected chi connectivity index (χ3v) is 12.4. The Balaban J connectivity index is 1.02. The van der Waals surface area contributed by atoms with Crippen LogP contribution >= 0.6 is 0 Å². The number of ether oxygens (including phenoxy) is 2. The summed E-state index contributed by atoms with van der Waals surface area (Å²) in [4.78, 5) is 10.5. The zero-order valence-corrected chi connectivity index (χ0v) is 32.5. The van der Waals surface area contributed by atoms with Crippen LogP contribution in [0.2, 0.25) is 0 Å². The second kappa shape index (κ2) is 12.7. The van der Waals surface area contributed by atoms with Crippen molar-refractivity contribution in [3.05, 3.63) is 193 Å². The van der Waals surface area contributed by atoms with Crippen LogP contribution in [0.4, 0.5) is 0 Å². The summed E-state index contributed by atoms with van der Waals surface area (Å²) in [6.07, 6.45) is 0. The number of para-hydroxylation sites is 1. The minimum atomic E-state index is -0.143. The maximum absolute atomic E-state index is 6.90. The summed E-state index contributed by atoms with van der Waals surface area (Å²) in [7, 11) is 0. The van der Waals surface area contributed by atoms with Crippen molar-refractivity contribution < 1.29 is 9.47 Å². The molecule has 2 heterocycles. The van der Waals surface area contributed by atoms with Gasteiger partial charge in [-0.25, -0.2) is 9.97 Å². The molecule has 1 aliphatic carbocycles. The van der Waals surface area contributed by atoms with Gasteiger partial charge in [-0.2, -0.15) is 0 Å². The van der Waals surface area contributed by atoms with E-state index in [1.165, 1.54) is 49.0 Å². The average molecular weight is 757 g/mol. The largest absolute Gasteiger partial charge is 0.449 e. The van der Waals surface area contributed by atoms with Gasteiger partial charge >= 0.3 is 0 Å². The lowest BCUT2D eigenvalue weighted by molar-refractivity contribution is 0.361. The van der Waals surface area contributed by atoms with Gasteiger partial charge in [-0.3, -0.25) is 0 Å². The van der Waals surface area contributed by atoms with Crippen LogP contribution in [0.1, 0.15) is 25.0 Å². The summed E-state index contributed by atoms with van der Waals surface area (Å²) in [5.74, 6) is 3.51. The van der Waals surface area contributed by atoms with Gasteiger partial charge in [0.25, 0.3) is 0 Å². The lowest BCUT2D eigenvalue weighted by Gasteiger charge is -2.26. The van der Waals surface area contributed by atoms with Crippen molar-refractivity contribution in [1.82, 2.24) is 9.97 Å². The van der Waals surface area contributed by atoms with Crippen molar-refractivity contribution in [2.75, 3.05) is 0 Å². The van der Waals surface area contributed by atoms with Gasteiger partial charge in [0.1, 0.15) is 0 Å². The van der Waals surface area contributed by atoms with Gasteiger partial charge in [0, 0.05) is 33.2 Å². The average Bonchev–Trinajstić information content (AvgIpc) is 3.54. The second-order valence-corrected chi connectivity index (χ2v) is 16.0. The molecule has 12 rings (SSSR count). The highest BCUT2D eigenvalue weighted by atomic mass is 16.6. The van der Waals surface area contributed by atoms with Crippen molar-refractivity contribution in [1.29, 1.82) is 0 Å². The number of aromatic nitrogens is 2. The Bertz CT molecular complexity index is 3330. The van der Waals surface area contributed by atoms with E-state index in [1.54, 1.807) is 0 Å². The van der Waals surface area contributed by atoms with E-state index >= 15 is 0 Å². The topological polar surface area (TPSA) is 44.2 Å². The van der Waals surface area contributed by atoms with Gasteiger partial charge in [-0.05, 0) is 78.8 Å². The van der Waals surface area contributed by atoms with E-state index in [-0.39, 0.29) is 5.41 Å². The maximum Gasteiger partial charge on any atom is 0.178 e. The molecule has 1 aliphatic heterocycles. The third-order valence-electron chi connectivity index (χ3n) is 12.4. The van der Waals surface area contributed by atoms with Crippen molar-refractivity contribution >= 4 is 32.3 Å². The van der Waals surface area contributed by atoms with E-state index in [0.717, 1.165) is 50.5 Å². The Morgan fingerprint density at radius 1 is 0.373 bits per heavy atom. The molecule has 4 nitrogen and oxygen atoms in total. The fraction of sp³-hybridized carbons (Fsp3) is 0.0545. The fourth-order valence-electron chi connectivity index (χ4n) is 9.52. The molecule has 0 atom stereocenters. The van der Waals surface area contributed by atoms with Crippen molar-refractivity contribution in [2.24, 2.45) is 0 Å². The molecule has 0 fully saturated rings. The van der Waals surface area contributed by atoms with Crippen LogP contribution < -0.4 is 9.47 Å². The summed E-state index contributed by atoms with van der Waals surface area (Å²) < 4.78 is 13.8. The third kappa shape index (κ3) is 5.09. The molecule has 10 aromatic rings. The monoisotopic (exact) mass is 756 g/mol. The molecule has 0 saturated heterocycles. The maximum atomic E-state index is 6.90. The number of hydrogen-bond acceptors (Lipinski definition) is 4.